The van der Waals surface area contributed by atoms with Crippen molar-refractivity contribution in [2.24, 2.45) is 0 Å². The molecule has 22 heavy (non-hydrogen) atoms. The molecule has 0 unspecified atom stereocenters. The Kier molecular flexibility index (Phi) is 5.21. The lowest BCUT2D eigenvalue weighted by molar-refractivity contribution is -0.118. The lowest BCUT2D eigenvalue weighted by Gasteiger charge is -2.07. The van der Waals surface area contributed by atoms with Crippen LogP contribution in [0.2, 0.25) is 5.02 Å². The average molecular weight is 338 g/mol. The average Bonchev–Trinajstić information content (AvgIpc) is 2.45. The van der Waals surface area contributed by atoms with Gasteiger partial charge in [0.15, 0.2) is 9.84 Å². The third-order valence-electron chi connectivity index (χ3n) is 3.08. The molecule has 0 aromatic heterocycles. The number of sulfone groups is 1. The molecule has 116 valence electrons. The summed E-state index contributed by atoms with van der Waals surface area (Å²) >= 11 is 5.85. The molecule has 0 saturated heterocycles. The molecule has 0 spiro atoms. The van der Waals surface area contributed by atoms with E-state index in [0.29, 0.717) is 5.02 Å². The Balaban J connectivity index is 1.97. The van der Waals surface area contributed by atoms with Crippen molar-refractivity contribution < 1.29 is 13.2 Å². The van der Waals surface area contributed by atoms with Crippen LogP contribution in [0.1, 0.15) is 11.1 Å². The highest BCUT2D eigenvalue weighted by atomic mass is 35.5. The van der Waals surface area contributed by atoms with Crippen LogP contribution >= 0.6 is 11.6 Å². The fraction of sp³-hybridized carbons (Fsp3) is 0.188. The summed E-state index contributed by atoms with van der Waals surface area (Å²) in [5, 5.41) is 3.16. The summed E-state index contributed by atoms with van der Waals surface area (Å²) in [7, 11) is -3.63. The molecule has 0 bridgehead atoms. The normalized spacial score (nSPS) is 11.2. The van der Waals surface area contributed by atoms with Crippen LogP contribution in [0, 0.1) is 6.92 Å². The fourth-order valence-electron chi connectivity index (χ4n) is 1.90. The lowest BCUT2D eigenvalue weighted by atomic mass is 10.2. The Morgan fingerprint density at radius 3 is 2.45 bits per heavy atom. The molecule has 0 aliphatic heterocycles. The Morgan fingerprint density at radius 1 is 1.14 bits per heavy atom. The summed E-state index contributed by atoms with van der Waals surface area (Å²) in [6.07, 6.45) is 0. The second-order valence-corrected chi connectivity index (χ2v) is 7.40. The molecular formula is C16H16ClNO3S. The van der Waals surface area contributed by atoms with Gasteiger partial charge >= 0.3 is 0 Å². The quantitative estimate of drug-likeness (QED) is 0.912. The second kappa shape index (κ2) is 6.94. The Bertz CT molecular complexity index is 770. The third kappa shape index (κ3) is 4.58. The summed E-state index contributed by atoms with van der Waals surface area (Å²) in [5.41, 5.74) is 1.78. The zero-order valence-electron chi connectivity index (χ0n) is 12.0. The SMILES string of the molecule is Cc1ccc(S(=O)(=O)CC(=O)NCc2cccc(Cl)c2)cc1. The molecule has 4 nitrogen and oxygen atoms in total. The molecule has 1 N–H and O–H groups in total. The van der Waals surface area contributed by atoms with E-state index in [-0.39, 0.29) is 11.4 Å². The van der Waals surface area contributed by atoms with Crippen molar-refractivity contribution in [2.75, 3.05) is 5.75 Å². The van der Waals surface area contributed by atoms with E-state index < -0.39 is 21.5 Å². The van der Waals surface area contributed by atoms with Gasteiger partial charge in [-0.2, -0.15) is 0 Å². The van der Waals surface area contributed by atoms with E-state index in [1.807, 2.05) is 6.92 Å². The number of hydrogen-bond donors (Lipinski definition) is 1. The molecule has 0 aliphatic rings. The first-order valence-electron chi connectivity index (χ1n) is 6.67. The van der Waals surface area contributed by atoms with E-state index in [9.17, 15) is 13.2 Å². The van der Waals surface area contributed by atoms with Crippen molar-refractivity contribution in [3.05, 3.63) is 64.7 Å². The van der Waals surface area contributed by atoms with Gasteiger partial charge in [0, 0.05) is 11.6 Å². The minimum atomic E-state index is -3.63. The van der Waals surface area contributed by atoms with Crippen molar-refractivity contribution in [1.29, 1.82) is 0 Å². The Hall–Kier alpha value is -1.85. The van der Waals surface area contributed by atoms with Crippen LogP contribution in [0.15, 0.2) is 53.4 Å². The van der Waals surface area contributed by atoms with Gasteiger partial charge in [0.25, 0.3) is 0 Å². The highest BCUT2D eigenvalue weighted by molar-refractivity contribution is 7.92. The summed E-state index contributed by atoms with van der Waals surface area (Å²) < 4.78 is 24.3. The maximum atomic E-state index is 12.1. The number of amides is 1. The third-order valence-corrected chi connectivity index (χ3v) is 4.95. The molecule has 0 saturated carbocycles. The summed E-state index contributed by atoms with van der Waals surface area (Å²) in [6, 6.07) is 13.5. The number of hydrogen-bond acceptors (Lipinski definition) is 3. The van der Waals surface area contributed by atoms with Gasteiger partial charge in [0.2, 0.25) is 5.91 Å². The van der Waals surface area contributed by atoms with Gasteiger partial charge in [-0.1, -0.05) is 41.4 Å². The minimum Gasteiger partial charge on any atom is -0.351 e. The first-order chi connectivity index (χ1) is 10.4. The largest absolute Gasteiger partial charge is 0.351 e. The Morgan fingerprint density at radius 2 is 1.82 bits per heavy atom. The van der Waals surface area contributed by atoms with Gasteiger partial charge in [0.05, 0.1) is 4.90 Å². The maximum Gasteiger partial charge on any atom is 0.235 e. The number of carbonyl (C=O) groups is 1. The monoisotopic (exact) mass is 337 g/mol. The number of aryl methyl sites for hydroxylation is 1. The van der Waals surface area contributed by atoms with Crippen molar-refractivity contribution in [3.8, 4) is 0 Å². The van der Waals surface area contributed by atoms with Crippen molar-refractivity contribution in [3.63, 3.8) is 0 Å². The van der Waals surface area contributed by atoms with Crippen LogP contribution in [-0.2, 0) is 21.2 Å². The minimum absolute atomic E-state index is 0.149. The standard InChI is InChI=1S/C16H16ClNO3S/c1-12-5-7-15(8-6-12)22(20,21)11-16(19)18-10-13-3-2-4-14(17)9-13/h2-9H,10-11H2,1H3,(H,18,19). The number of carbonyl (C=O) groups excluding carboxylic acids is 1. The number of rotatable bonds is 5. The second-order valence-electron chi connectivity index (χ2n) is 4.98. The van der Waals surface area contributed by atoms with E-state index in [4.69, 9.17) is 11.6 Å². The summed E-state index contributed by atoms with van der Waals surface area (Å²) in [6.45, 7) is 2.11. The van der Waals surface area contributed by atoms with Gasteiger partial charge < -0.3 is 5.32 Å². The van der Waals surface area contributed by atoms with E-state index in [0.717, 1.165) is 11.1 Å². The maximum absolute atomic E-state index is 12.1. The lowest BCUT2D eigenvalue weighted by Crippen LogP contribution is -2.29. The van der Waals surface area contributed by atoms with E-state index in [1.54, 1.807) is 36.4 Å². The predicted molar refractivity (Wildman–Crippen MR) is 86.5 cm³/mol. The van der Waals surface area contributed by atoms with Crippen molar-refractivity contribution in [2.45, 2.75) is 18.4 Å². The van der Waals surface area contributed by atoms with Gasteiger partial charge in [-0.15, -0.1) is 0 Å². The topological polar surface area (TPSA) is 63.2 Å². The molecule has 0 atom stereocenters. The van der Waals surface area contributed by atoms with E-state index in [2.05, 4.69) is 5.32 Å². The molecule has 0 aliphatic carbocycles. The highest BCUT2D eigenvalue weighted by Crippen LogP contribution is 2.13. The predicted octanol–water partition coefficient (Wildman–Crippen LogP) is 2.74. The zero-order valence-corrected chi connectivity index (χ0v) is 13.6. The summed E-state index contributed by atoms with van der Waals surface area (Å²) in [4.78, 5) is 12.0. The van der Waals surface area contributed by atoms with Crippen LogP contribution in [-0.4, -0.2) is 20.1 Å². The van der Waals surface area contributed by atoms with Crippen LogP contribution in [0.25, 0.3) is 0 Å². The van der Waals surface area contributed by atoms with Crippen LogP contribution in [0.4, 0.5) is 0 Å². The van der Waals surface area contributed by atoms with E-state index >= 15 is 0 Å². The molecule has 6 heteroatoms. The highest BCUT2D eigenvalue weighted by Gasteiger charge is 2.18. The van der Waals surface area contributed by atoms with Gasteiger partial charge in [-0.05, 0) is 36.8 Å². The number of halogens is 1. The molecule has 0 heterocycles. The molecule has 0 radical (unpaired) electrons. The zero-order chi connectivity index (χ0) is 16.2. The first kappa shape index (κ1) is 16.5. The van der Waals surface area contributed by atoms with Crippen LogP contribution < -0.4 is 5.32 Å². The molecule has 2 aromatic carbocycles. The van der Waals surface area contributed by atoms with Crippen LogP contribution in [0.3, 0.4) is 0 Å². The van der Waals surface area contributed by atoms with Crippen LogP contribution in [0.5, 0.6) is 0 Å². The smallest absolute Gasteiger partial charge is 0.235 e. The van der Waals surface area contributed by atoms with Gasteiger partial charge in [-0.3, -0.25) is 4.79 Å². The molecule has 2 rings (SSSR count). The molecule has 1 amide bonds. The molecular weight excluding hydrogens is 322 g/mol. The first-order valence-corrected chi connectivity index (χ1v) is 8.70. The molecule has 0 fully saturated rings. The summed E-state index contributed by atoms with van der Waals surface area (Å²) in [5.74, 6) is -1.11. The van der Waals surface area contributed by atoms with Gasteiger partial charge in [0.1, 0.15) is 5.75 Å². The number of benzene rings is 2. The van der Waals surface area contributed by atoms with E-state index in [1.165, 1.54) is 12.1 Å². The van der Waals surface area contributed by atoms with Crippen molar-refractivity contribution in [1.82, 2.24) is 5.32 Å². The number of nitrogens with one attached hydrogen (secondary N) is 1. The Labute approximate surface area is 135 Å². The van der Waals surface area contributed by atoms with Gasteiger partial charge in [-0.25, -0.2) is 8.42 Å². The van der Waals surface area contributed by atoms with Crippen molar-refractivity contribution >= 4 is 27.3 Å². The molecule has 2 aromatic rings. The fourth-order valence-corrected chi connectivity index (χ4v) is 3.28.